The van der Waals surface area contributed by atoms with Crippen molar-refractivity contribution in [1.29, 1.82) is 0 Å². The second kappa shape index (κ2) is 6.80. The summed E-state index contributed by atoms with van der Waals surface area (Å²) in [4.78, 5) is 26.1. The first-order valence-electron chi connectivity index (χ1n) is 8.44. The van der Waals surface area contributed by atoms with E-state index >= 15 is 0 Å². The van der Waals surface area contributed by atoms with E-state index in [1.165, 1.54) is 12.8 Å². The lowest BCUT2D eigenvalue weighted by Gasteiger charge is -2.38. The fourth-order valence-electron chi connectivity index (χ4n) is 4.07. The molecule has 1 amide bonds. The van der Waals surface area contributed by atoms with Gasteiger partial charge in [-0.25, -0.2) is 0 Å². The molecule has 0 heterocycles. The van der Waals surface area contributed by atoms with Crippen LogP contribution in [0.25, 0.3) is 0 Å². The summed E-state index contributed by atoms with van der Waals surface area (Å²) in [6.45, 7) is 2.24. The molecule has 4 heteroatoms. The minimum Gasteiger partial charge on any atom is -0.481 e. The summed E-state index contributed by atoms with van der Waals surface area (Å²) in [7, 11) is 1.86. The fraction of sp³-hybridized carbons (Fsp3) is 0.882. The highest BCUT2D eigenvalue weighted by Crippen LogP contribution is 2.40. The lowest BCUT2D eigenvalue weighted by Crippen LogP contribution is -2.44. The lowest BCUT2D eigenvalue weighted by atomic mass is 9.71. The van der Waals surface area contributed by atoms with Gasteiger partial charge in [0, 0.05) is 19.5 Å². The average molecular weight is 295 g/mol. The molecule has 120 valence electrons. The van der Waals surface area contributed by atoms with Crippen LogP contribution in [0, 0.1) is 11.3 Å². The van der Waals surface area contributed by atoms with Crippen LogP contribution in [0.2, 0.25) is 0 Å². The van der Waals surface area contributed by atoms with Crippen molar-refractivity contribution >= 4 is 11.9 Å². The first kappa shape index (κ1) is 16.3. The molecule has 2 fully saturated rings. The maximum absolute atomic E-state index is 12.6. The van der Waals surface area contributed by atoms with Gasteiger partial charge < -0.3 is 10.0 Å². The maximum Gasteiger partial charge on any atom is 0.310 e. The van der Waals surface area contributed by atoms with Crippen molar-refractivity contribution in [3.8, 4) is 0 Å². The zero-order valence-electron chi connectivity index (χ0n) is 13.4. The van der Waals surface area contributed by atoms with E-state index < -0.39 is 11.4 Å². The summed E-state index contributed by atoms with van der Waals surface area (Å²) < 4.78 is 0. The van der Waals surface area contributed by atoms with Crippen molar-refractivity contribution in [3.63, 3.8) is 0 Å². The lowest BCUT2D eigenvalue weighted by molar-refractivity contribution is -0.156. The number of amides is 1. The summed E-state index contributed by atoms with van der Waals surface area (Å²) >= 11 is 0. The van der Waals surface area contributed by atoms with Crippen LogP contribution >= 0.6 is 0 Å². The van der Waals surface area contributed by atoms with Crippen molar-refractivity contribution in [3.05, 3.63) is 0 Å². The van der Waals surface area contributed by atoms with Gasteiger partial charge in [-0.05, 0) is 31.6 Å². The Labute approximate surface area is 127 Å². The molecular formula is C17H29NO3. The average Bonchev–Trinajstić information content (AvgIpc) is 2.47. The van der Waals surface area contributed by atoms with Gasteiger partial charge in [-0.15, -0.1) is 0 Å². The summed E-state index contributed by atoms with van der Waals surface area (Å²) in [5.41, 5.74) is -0.802. The Bertz CT molecular complexity index is 387. The molecule has 2 aliphatic rings. The molecule has 1 N–H and O–H groups in total. The van der Waals surface area contributed by atoms with Gasteiger partial charge in [-0.2, -0.15) is 0 Å². The third kappa shape index (κ3) is 3.78. The van der Waals surface area contributed by atoms with Crippen LogP contribution < -0.4 is 0 Å². The summed E-state index contributed by atoms with van der Waals surface area (Å²) in [6, 6.07) is 0.302. The van der Waals surface area contributed by atoms with Crippen LogP contribution in [-0.2, 0) is 9.59 Å². The molecule has 2 aliphatic carbocycles. The van der Waals surface area contributed by atoms with Gasteiger partial charge in [0.2, 0.25) is 5.91 Å². The van der Waals surface area contributed by atoms with E-state index in [9.17, 15) is 14.7 Å². The highest BCUT2D eigenvalue weighted by molar-refractivity contribution is 5.85. The largest absolute Gasteiger partial charge is 0.481 e. The molecule has 0 aliphatic heterocycles. The second-order valence-corrected chi connectivity index (χ2v) is 7.25. The van der Waals surface area contributed by atoms with Crippen LogP contribution in [0.15, 0.2) is 0 Å². The molecule has 2 unspecified atom stereocenters. The van der Waals surface area contributed by atoms with Crippen LogP contribution in [-0.4, -0.2) is 35.0 Å². The molecule has 0 radical (unpaired) electrons. The van der Waals surface area contributed by atoms with Crippen molar-refractivity contribution in [2.75, 3.05) is 7.05 Å². The number of hydrogen-bond donors (Lipinski definition) is 1. The Balaban J connectivity index is 1.99. The molecule has 0 aromatic rings. The predicted octanol–water partition coefficient (Wildman–Crippen LogP) is 3.45. The third-order valence-corrected chi connectivity index (χ3v) is 5.60. The van der Waals surface area contributed by atoms with E-state index in [1.54, 1.807) is 0 Å². The Morgan fingerprint density at radius 3 is 2.38 bits per heavy atom. The molecule has 0 aromatic carbocycles. The zero-order chi connectivity index (χ0) is 15.5. The van der Waals surface area contributed by atoms with Gasteiger partial charge in [0.25, 0.3) is 0 Å². The molecule has 4 nitrogen and oxygen atoms in total. The minimum absolute atomic E-state index is 0.0263. The smallest absolute Gasteiger partial charge is 0.310 e. The van der Waals surface area contributed by atoms with Crippen LogP contribution in [0.1, 0.15) is 71.1 Å². The number of nitrogens with zero attached hydrogens (tertiary/aromatic N) is 1. The highest BCUT2D eigenvalue weighted by Gasteiger charge is 2.42. The van der Waals surface area contributed by atoms with Crippen LogP contribution in [0.3, 0.4) is 0 Å². The van der Waals surface area contributed by atoms with Gasteiger partial charge in [-0.3, -0.25) is 9.59 Å². The van der Waals surface area contributed by atoms with Gasteiger partial charge >= 0.3 is 5.97 Å². The topological polar surface area (TPSA) is 57.6 Å². The monoisotopic (exact) mass is 295 g/mol. The molecule has 2 rings (SSSR count). The number of carboxylic acid groups (broad SMARTS) is 1. The first-order chi connectivity index (χ1) is 9.94. The normalized spacial score (nSPS) is 28.9. The van der Waals surface area contributed by atoms with Crippen molar-refractivity contribution in [2.45, 2.75) is 77.2 Å². The quantitative estimate of drug-likeness (QED) is 0.864. The van der Waals surface area contributed by atoms with Gasteiger partial charge in [0.1, 0.15) is 0 Å². The molecule has 0 spiro atoms. The van der Waals surface area contributed by atoms with Crippen LogP contribution in [0.4, 0.5) is 0 Å². The first-order valence-corrected chi connectivity index (χ1v) is 8.44. The van der Waals surface area contributed by atoms with Gasteiger partial charge in [-0.1, -0.05) is 39.0 Å². The number of carboxylic acids is 1. The number of aliphatic carboxylic acids is 1. The molecule has 21 heavy (non-hydrogen) atoms. The summed E-state index contributed by atoms with van der Waals surface area (Å²) in [5.74, 6) is -0.0820. The number of carbonyl (C=O) groups excluding carboxylic acids is 1. The summed E-state index contributed by atoms with van der Waals surface area (Å²) in [5, 5.41) is 9.60. The van der Waals surface area contributed by atoms with E-state index in [4.69, 9.17) is 0 Å². The van der Waals surface area contributed by atoms with Crippen LogP contribution in [0.5, 0.6) is 0 Å². The van der Waals surface area contributed by atoms with Crippen molar-refractivity contribution in [1.82, 2.24) is 4.90 Å². The standard InChI is InChI=1S/C17H29NO3/c1-13-7-6-8-14(11-13)18(2)15(19)12-17(16(20)21)9-4-3-5-10-17/h13-14H,3-12H2,1-2H3,(H,20,21). The third-order valence-electron chi connectivity index (χ3n) is 5.60. The molecule has 0 aromatic heterocycles. The van der Waals surface area contributed by atoms with E-state index in [0.717, 1.165) is 32.1 Å². The SMILES string of the molecule is CC1CCCC(N(C)C(=O)CC2(C(=O)O)CCCCC2)C1. The predicted molar refractivity (Wildman–Crippen MR) is 82.0 cm³/mol. The minimum atomic E-state index is -0.802. The molecule has 0 bridgehead atoms. The Morgan fingerprint density at radius 2 is 1.81 bits per heavy atom. The van der Waals surface area contributed by atoms with E-state index in [1.807, 2.05) is 11.9 Å². The zero-order valence-corrected chi connectivity index (χ0v) is 13.4. The van der Waals surface area contributed by atoms with E-state index in [2.05, 4.69) is 6.92 Å². The van der Waals surface area contributed by atoms with E-state index in [0.29, 0.717) is 24.8 Å². The fourth-order valence-corrected chi connectivity index (χ4v) is 4.07. The molecule has 0 saturated heterocycles. The van der Waals surface area contributed by atoms with Crippen molar-refractivity contribution in [2.24, 2.45) is 11.3 Å². The second-order valence-electron chi connectivity index (χ2n) is 7.25. The highest BCUT2D eigenvalue weighted by atomic mass is 16.4. The number of carbonyl (C=O) groups is 2. The molecular weight excluding hydrogens is 266 g/mol. The van der Waals surface area contributed by atoms with E-state index in [-0.39, 0.29) is 12.3 Å². The van der Waals surface area contributed by atoms with Gasteiger partial charge in [0.05, 0.1) is 5.41 Å². The number of rotatable bonds is 4. The molecule has 2 saturated carbocycles. The molecule has 2 atom stereocenters. The maximum atomic E-state index is 12.6. The van der Waals surface area contributed by atoms with Gasteiger partial charge in [0.15, 0.2) is 0 Å². The number of hydrogen-bond acceptors (Lipinski definition) is 2. The Hall–Kier alpha value is -1.06. The summed E-state index contributed by atoms with van der Waals surface area (Å²) in [6.07, 6.45) is 9.00. The van der Waals surface area contributed by atoms with Crippen molar-refractivity contribution < 1.29 is 14.7 Å². The Kier molecular flexibility index (Phi) is 5.28. The Morgan fingerprint density at radius 1 is 1.14 bits per heavy atom.